The van der Waals surface area contributed by atoms with Gasteiger partial charge in [0.1, 0.15) is 11.5 Å². The number of esters is 1. The molecule has 2 aromatic rings. The molecule has 0 saturated heterocycles. The van der Waals surface area contributed by atoms with Crippen LogP contribution in [0, 0.1) is 6.92 Å². The smallest absolute Gasteiger partial charge is 0.373 e. The van der Waals surface area contributed by atoms with Gasteiger partial charge in [-0.3, -0.25) is 0 Å². The number of halogens is 1. The summed E-state index contributed by atoms with van der Waals surface area (Å²) in [6.45, 7) is 2.42. The number of carbonyl (C=O) groups excluding carboxylic acids is 1. The average Bonchev–Trinajstić information content (AvgIpc) is 2.93. The number of aryl methyl sites for hydroxylation is 1. The number of hydrogen-bond acceptors (Lipinski definition) is 5. The highest BCUT2D eigenvalue weighted by molar-refractivity contribution is 9.10. The van der Waals surface area contributed by atoms with Crippen molar-refractivity contribution in [2.24, 2.45) is 0 Å². The highest BCUT2D eigenvalue weighted by Crippen LogP contribution is 2.32. The molecule has 5 nitrogen and oxygen atoms in total. The summed E-state index contributed by atoms with van der Waals surface area (Å²) in [4.78, 5) is 11.3. The zero-order valence-electron chi connectivity index (χ0n) is 12.0. The lowest BCUT2D eigenvalue weighted by Gasteiger charge is -2.13. The summed E-state index contributed by atoms with van der Waals surface area (Å²) in [5, 5.41) is 3.25. The van der Waals surface area contributed by atoms with Gasteiger partial charge in [-0.05, 0) is 36.8 Å². The first-order valence-electron chi connectivity index (χ1n) is 6.30. The Bertz CT molecular complexity index is 651. The van der Waals surface area contributed by atoms with Crippen molar-refractivity contribution in [2.75, 3.05) is 19.5 Å². The summed E-state index contributed by atoms with van der Waals surface area (Å²) in [5.74, 6) is 1.08. The summed E-state index contributed by atoms with van der Waals surface area (Å²) >= 11 is 3.43. The van der Waals surface area contributed by atoms with Crippen LogP contribution in [0.1, 0.15) is 21.9 Å². The molecule has 0 fully saturated rings. The Hall–Kier alpha value is -1.95. The van der Waals surface area contributed by atoms with Crippen LogP contribution in [-0.2, 0) is 11.3 Å². The fraction of sp³-hybridized carbons (Fsp3) is 0.267. The van der Waals surface area contributed by atoms with Crippen molar-refractivity contribution in [3.63, 3.8) is 0 Å². The third-order valence-corrected chi connectivity index (χ3v) is 3.43. The first kappa shape index (κ1) is 15.4. The first-order chi connectivity index (χ1) is 10.0. The van der Waals surface area contributed by atoms with E-state index in [9.17, 15) is 4.79 Å². The molecule has 0 bridgehead atoms. The number of ether oxygens (including phenoxy) is 2. The number of methoxy groups -OCH3 is 2. The number of hydrogen-bond donors (Lipinski definition) is 1. The number of anilines is 1. The SMILES string of the molecule is COC(=O)c1ccc(CNc2c(C)cc(Br)cc2OC)o1. The van der Waals surface area contributed by atoms with E-state index in [-0.39, 0.29) is 5.76 Å². The molecule has 0 aliphatic rings. The fourth-order valence-electron chi connectivity index (χ4n) is 1.96. The van der Waals surface area contributed by atoms with Crippen LogP contribution in [0.4, 0.5) is 5.69 Å². The summed E-state index contributed by atoms with van der Waals surface area (Å²) in [6.07, 6.45) is 0. The molecule has 6 heteroatoms. The topological polar surface area (TPSA) is 60.7 Å². The standard InChI is InChI=1S/C15H16BrNO4/c1-9-6-10(16)7-13(19-2)14(9)17-8-11-4-5-12(21-11)15(18)20-3/h4-7,17H,8H2,1-3H3. The second-order valence-electron chi connectivity index (χ2n) is 4.41. The number of carbonyl (C=O) groups is 1. The van der Waals surface area contributed by atoms with Crippen molar-refractivity contribution in [3.8, 4) is 5.75 Å². The van der Waals surface area contributed by atoms with Crippen molar-refractivity contribution in [1.82, 2.24) is 0 Å². The van der Waals surface area contributed by atoms with Crippen LogP contribution in [0.25, 0.3) is 0 Å². The van der Waals surface area contributed by atoms with E-state index in [1.54, 1.807) is 19.2 Å². The summed E-state index contributed by atoms with van der Waals surface area (Å²) in [5.41, 5.74) is 1.93. The van der Waals surface area contributed by atoms with Crippen molar-refractivity contribution in [3.05, 3.63) is 45.8 Å². The quantitative estimate of drug-likeness (QED) is 0.829. The zero-order valence-corrected chi connectivity index (χ0v) is 13.6. The molecule has 0 spiro atoms. The molecule has 0 aliphatic carbocycles. The van der Waals surface area contributed by atoms with Gasteiger partial charge in [-0.25, -0.2) is 4.79 Å². The molecule has 0 radical (unpaired) electrons. The first-order valence-corrected chi connectivity index (χ1v) is 7.09. The predicted molar refractivity (Wildman–Crippen MR) is 82.8 cm³/mol. The van der Waals surface area contributed by atoms with Crippen molar-refractivity contribution >= 4 is 27.6 Å². The second-order valence-corrected chi connectivity index (χ2v) is 5.33. The molecule has 0 aliphatic heterocycles. The Morgan fingerprint density at radius 3 is 2.76 bits per heavy atom. The molecule has 1 aromatic heterocycles. The molecule has 1 heterocycles. The molecule has 0 unspecified atom stereocenters. The molecule has 1 N–H and O–H groups in total. The van der Waals surface area contributed by atoms with E-state index < -0.39 is 5.97 Å². The van der Waals surface area contributed by atoms with Crippen LogP contribution >= 0.6 is 15.9 Å². The number of nitrogens with one attached hydrogen (secondary N) is 1. The van der Waals surface area contributed by atoms with Crippen molar-refractivity contribution < 1.29 is 18.7 Å². The summed E-state index contributed by atoms with van der Waals surface area (Å²) < 4.78 is 16.3. The minimum atomic E-state index is -0.487. The maximum Gasteiger partial charge on any atom is 0.373 e. The number of benzene rings is 1. The second kappa shape index (κ2) is 6.67. The maximum atomic E-state index is 11.3. The molecule has 112 valence electrons. The Morgan fingerprint density at radius 2 is 2.10 bits per heavy atom. The Labute approximate surface area is 131 Å². The third kappa shape index (κ3) is 3.58. The molecular weight excluding hydrogens is 338 g/mol. The molecule has 0 atom stereocenters. The minimum Gasteiger partial charge on any atom is -0.495 e. The number of rotatable bonds is 5. The highest BCUT2D eigenvalue weighted by Gasteiger charge is 2.12. The molecule has 2 rings (SSSR count). The average molecular weight is 354 g/mol. The van der Waals surface area contributed by atoms with E-state index in [0.29, 0.717) is 12.3 Å². The number of furan rings is 1. The van der Waals surface area contributed by atoms with E-state index >= 15 is 0 Å². The van der Waals surface area contributed by atoms with Crippen LogP contribution in [0.3, 0.4) is 0 Å². The van der Waals surface area contributed by atoms with Crippen LogP contribution in [0.5, 0.6) is 5.75 Å². The molecule has 1 aromatic carbocycles. The fourth-order valence-corrected chi connectivity index (χ4v) is 2.51. The van der Waals surface area contributed by atoms with Gasteiger partial charge in [0, 0.05) is 4.47 Å². The molecule has 0 amide bonds. The monoisotopic (exact) mass is 353 g/mol. The summed E-state index contributed by atoms with van der Waals surface area (Å²) in [7, 11) is 2.94. The van der Waals surface area contributed by atoms with Crippen LogP contribution in [0.2, 0.25) is 0 Å². The minimum absolute atomic E-state index is 0.189. The van der Waals surface area contributed by atoms with Gasteiger partial charge in [-0.1, -0.05) is 15.9 Å². The van der Waals surface area contributed by atoms with Gasteiger partial charge >= 0.3 is 5.97 Å². The van der Waals surface area contributed by atoms with Gasteiger partial charge in [-0.15, -0.1) is 0 Å². The lowest BCUT2D eigenvalue weighted by molar-refractivity contribution is 0.0563. The maximum absolute atomic E-state index is 11.3. The van der Waals surface area contributed by atoms with Crippen LogP contribution < -0.4 is 10.1 Å². The van der Waals surface area contributed by atoms with Gasteiger partial charge in [-0.2, -0.15) is 0 Å². The normalized spacial score (nSPS) is 10.3. The van der Waals surface area contributed by atoms with Gasteiger partial charge in [0.25, 0.3) is 0 Å². The van der Waals surface area contributed by atoms with Gasteiger partial charge in [0.2, 0.25) is 5.76 Å². The van der Waals surface area contributed by atoms with Gasteiger partial charge in [0.15, 0.2) is 0 Å². The van der Waals surface area contributed by atoms with Crippen molar-refractivity contribution in [1.29, 1.82) is 0 Å². The largest absolute Gasteiger partial charge is 0.495 e. The van der Waals surface area contributed by atoms with Crippen LogP contribution in [0.15, 0.2) is 33.2 Å². The lowest BCUT2D eigenvalue weighted by Crippen LogP contribution is -2.03. The predicted octanol–water partition coefficient (Wildman–Crippen LogP) is 3.76. The van der Waals surface area contributed by atoms with E-state index in [2.05, 4.69) is 26.0 Å². The zero-order chi connectivity index (χ0) is 15.4. The molecule has 21 heavy (non-hydrogen) atoms. The molecular formula is C15H16BrNO4. The van der Waals surface area contributed by atoms with E-state index in [4.69, 9.17) is 9.15 Å². The Kier molecular flexibility index (Phi) is 4.90. The summed E-state index contributed by atoms with van der Waals surface area (Å²) in [6, 6.07) is 7.21. The van der Waals surface area contributed by atoms with E-state index in [0.717, 1.165) is 21.5 Å². The Balaban J connectivity index is 2.13. The molecule has 0 saturated carbocycles. The van der Waals surface area contributed by atoms with Crippen molar-refractivity contribution in [2.45, 2.75) is 13.5 Å². The van der Waals surface area contributed by atoms with Crippen LogP contribution in [-0.4, -0.2) is 20.2 Å². The lowest BCUT2D eigenvalue weighted by atomic mass is 10.2. The van der Waals surface area contributed by atoms with E-state index in [1.165, 1.54) is 7.11 Å². The van der Waals surface area contributed by atoms with E-state index in [1.807, 2.05) is 19.1 Å². The highest BCUT2D eigenvalue weighted by atomic mass is 79.9. The van der Waals surface area contributed by atoms with Gasteiger partial charge < -0.3 is 19.2 Å². The Morgan fingerprint density at radius 1 is 1.33 bits per heavy atom. The van der Waals surface area contributed by atoms with Gasteiger partial charge in [0.05, 0.1) is 26.5 Å². The third-order valence-electron chi connectivity index (χ3n) is 2.97.